The number of benzene rings is 2. The number of fused-ring (bicyclic) bond motifs is 1. The molecule has 0 radical (unpaired) electrons. The lowest BCUT2D eigenvalue weighted by Crippen LogP contribution is -2.59. The molecule has 1 fully saturated rings. The molecule has 2 heterocycles. The number of ether oxygens (including phenoxy) is 3. The van der Waals surface area contributed by atoms with Crippen molar-refractivity contribution in [1.82, 2.24) is 0 Å². The van der Waals surface area contributed by atoms with Gasteiger partial charge < -0.3 is 34.6 Å². The Labute approximate surface area is 177 Å². The van der Waals surface area contributed by atoms with Crippen molar-refractivity contribution in [3.05, 3.63) is 52.6 Å². The third-order valence-electron chi connectivity index (χ3n) is 5.82. The summed E-state index contributed by atoms with van der Waals surface area (Å²) < 4.78 is 44.3. The summed E-state index contributed by atoms with van der Waals surface area (Å²) in [5.41, 5.74) is 2.67. The third kappa shape index (κ3) is 3.82. The molecule has 168 valence electrons. The predicted octanol–water partition coefficient (Wildman–Crippen LogP) is 1.72. The van der Waals surface area contributed by atoms with Gasteiger partial charge in [0.2, 0.25) is 0 Å². The van der Waals surface area contributed by atoms with Gasteiger partial charge in [0.05, 0.1) is 20.3 Å². The monoisotopic (exact) mass is 438 g/mol. The molecular formula is C22H24F2O7. The second-order valence-corrected chi connectivity index (χ2v) is 7.78. The molecule has 4 rings (SSSR count). The van der Waals surface area contributed by atoms with Gasteiger partial charge in [0.1, 0.15) is 41.7 Å². The maximum atomic E-state index is 14.1. The Balaban J connectivity index is 1.69. The van der Waals surface area contributed by atoms with Crippen LogP contribution in [0.1, 0.15) is 28.4 Å². The maximum Gasteiger partial charge on any atom is 0.303 e. The predicted molar refractivity (Wildman–Crippen MR) is 105 cm³/mol. The molecule has 4 N–H and O–H groups in total. The summed E-state index contributed by atoms with van der Waals surface area (Å²) in [4.78, 5) is 0. The second-order valence-electron chi connectivity index (χ2n) is 7.78. The number of alkyl halides is 2. The molecule has 0 spiro atoms. The molecule has 9 heteroatoms. The number of phenols is 1. The first kappa shape index (κ1) is 21.8. The van der Waals surface area contributed by atoms with Gasteiger partial charge in [-0.05, 0) is 28.8 Å². The summed E-state index contributed by atoms with van der Waals surface area (Å²) in [6, 6.07) is 8.59. The van der Waals surface area contributed by atoms with Crippen molar-refractivity contribution in [3.63, 3.8) is 0 Å². The lowest BCUT2D eigenvalue weighted by atomic mass is 9.88. The second kappa shape index (κ2) is 8.23. The zero-order chi connectivity index (χ0) is 22.3. The van der Waals surface area contributed by atoms with Crippen molar-refractivity contribution in [1.29, 1.82) is 0 Å². The first-order chi connectivity index (χ1) is 14.8. The molecule has 1 saturated heterocycles. The summed E-state index contributed by atoms with van der Waals surface area (Å²) >= 11 is 0. The van der Waals surface area contributed by atoms with Crippen LogP contribution in [0.15, 0.2) is 30.3 Å². The van der Waals surface area contributed by atoms with Gasteiger partial charge in [-0.15, -0.1) is 0 Å². The van der Waals surface area contributed by atoms with E-state index in [0.717, 1.165) is 23.3 Å². The maximum absolute atomic E-state index is 14.1. The van der Waals surface area contributed by atoms with Crippen LogP contribution in [0.4, 0.5) is 8.78 Å². The number of phenolic OH excluding ortho intramolecular Hbond substituents is 1. The van der Waals surface area contributed by atoms with E-state index in [1.807, 2.05) is 18.2 Å². The van der Waals surface area contributed by atoms with Crippen molar-refractivity contribution in [2.75, 3.05) is 20.3 Å². The van der Waals surface area contributed by atoms with E-state index in [4.69, 9.17) is 14.2 Å². The molecule has 0 aliphatic carbocycles. The van der Waals surface area contributed by atoms with Crippen molar-refractivity contribution in [3.8, 4) is 17.2 Å². The molecule has 7 nitrogen and oxygen atoms in total. The van der Waals surface area contributed by atoms with E-state index in [2.05, 4.69) is 0 Å². The Morgan fingerprint density at radius 1 is 1.19 bits per heavy atom. The van der Waals surface area contributed by atoms with Crippen LogP contribution in [-0.2, 0) is 17.6 Å². The highest BCUT2D eigenvalue weighted by Gasteiger charge is 2.57. The van der Waals surface area contributed by atoms with Gasteiger partial charge in [-0.1, -0.05) is 12.1 Å². The standard InChI is InChI=1S/C22H24F2O7/c1-29-17-9-15(26)14(20-19(27)21(28)22(23,24)18(10-25)31-20)8-13(17)7-11-2-3-16-12(6-11)4-5-30-16/h2-3,6,8-9,18-21,25-28H,4-5,7,10H2,1H3/t18-,19+,20+,21-/m1/s1. The Hall–Kier alpha value is -2.46. The molecule has 2 aliphatic heterocycles. The van der Waals surface area contributed by atoms with Crippen LogP contribution in [0.3, 0.4) is 0 Å². The van der Waals surface area contributed by atoms with Crippen molar-refractivity contribution >= 4 is 0 Å². The van der Waals surface area contributed by atoms with E-state index in [-0.39, 0.29) is 11.3 Å². The zero-order valence-corrected chi connectivity index (χ0v) is 16.8. The van der Waals surface area contributed by atoms with Crippen molar-refractivity contribution in [2.24, 2.45) is 0 Å². The van der Waals surface area contributed by atoms with E-state index in [1.54, 1.807) is 0 Å². The van der Waals surface area contributed by atoms with Gasteiger partial charge in [-0.25, -0.2) is 8.78 Å². The Morgan fingerprint density at radius 2 is 1.97 bits per heavy atom. The summed E-state index contributed by atoms with van der Waals surface area (Å²) in [6.07, 6.45) is -6.78. The fourth-order valence-corrected chi connectivity index (χ4v) is 4.11. The highest BCUT2D eigenvalue weighted by atomic mass is 19.3. The quantitative estimate of drug-likeness (QED) is 0.563. The van der Waals surface area contributed by atoms with Crippen LogP contribution in [0.25, 0.3) is 0 Å². The third-order valence-corrected chi connectivity index (χ3v) is 5.82. The van der Waals surface area contributed by atoms with Gasteiger partial charge in [0, 0.05) is 24.5 Å². The van der Waals surface area contributed by atoms with Crippen LogP contribution in [0.2, 0.25) is 0 Å². The largest absolute Gasteiger partial charge is 0.507 e. The van der Waals surface area contributed by atoms with Crippen LogP contribution < -0.4 is 9.47 Å². The SMILES string of the molecule is COc1cc(O)c([C@@H]2O[C@H](CO)C(F)(F)[C@H](O)[C@H]2O)cc1Cc1ccc2c(c1)CCO2. The Kier molecular flexibility index (Phi) is 5.78. The fourth-order valence-electron chi connectivity index (χ4n) is 4.11. The molecule has 2 aromatic rings. The Bertz CT molecular complexity index is 961. The molecule has 0 bridgehead atoms. The van der Waals surface area contributed by atoms with Gasteiger partial charge in [0.15, 0.2) is 0 Å². The minimum absolute atomic E-state index is 0.0146. The fraction of sp³-hybridized carbons (Fsp3) is 0.455. The van der Waals surface area contributed by atoms with Gasteiger partial charge in [-0.2, -0.15) is 0 Å². The molecule has 4 atom stereocenters. The molecule has 2 aliphatic rings. The number of rotatable bonds is 5. The van der Waals surface area contributed by atoms with E-state index in [9.17, 15) is 29.2 Å². The average molecular weight is 438 g/mol. The van der Waals surface area contributed by atoms with Crippen LogP contribution >= 0.6 is 0 Å². The van der Waals surface area contributed by atoms with Crippen molar-refractivity contribution < 1.29 is 43.4 Å². The average Bonchev–Trinajstić information content (AvgIpc) is 3.21. The van der Waals surface area contributed by atoms with Crippen LogP contribution in [0, 0.1) is 0 Å². The lowest BCUT2D eigenvalue weighted by Gasteiger charge is -2.42. The van der Waals surface area contributed by atoms with Crippen molar-refractivity contribution in [2.45, 2.75) is 43.2 Å². The number of methoxy groups -OCH3 is 1. The number of hydrogen-bond donors (Lipinski definition) is 4. The molecule has 0 saturated carbocycles. The summed E-state index contributed by atoms with van der Waals surface area (Å²) in [7, 11) is 1.44. The molecule has 0 amide bonds. The van der Waals surface area contributed by atoms with Crippen LogP contribution in [-0.4, -0.2) is 65.0 Å². The number of halogens is 2. The van der Waals surface area contributed by atoms with Gasteiger partial charge in [-0.3, -0.25) is 0 Å². The summed E-state index contributed by atoms with van der Waals surface area (Å²) in [5.74, 6) is -2.98. The van der Waals surface area contributed by atoms with E-state index in [0.29, 0.717) is 24.3 Å². The Morgan fingerprint density at radius 3 is 2.68 bits per heavy atom. The molecule has 0 unspecified atom stereocenters. The minimum Gasteiger partial charge on any atom is -0.507 e. The molecule has 2 aromatic carbocycles. The highest BCUT2D eigenvalue weighted by molar-refractivity contribution is 5.50. The first-order valence-electron chi connectivity index (χ1n) is 9.91. The smallest absolute Gasteiger partial charge is 0.303 e. The zero-order valence-electron chi connectivity index (χ0n) is 16.8. The molecular weight excluding hydrogens is 414 g/mol. The number of aliphatic hydroxyl groups excluding tert-OH is 3. The normalized spacial score (nSPS) is 26.9. The summed E-state index contributed by atoms with van der Waals surface area (Å²) in [5, 5.41) is 39.9. The van der Waals surface area contributed by atoms with E-state index in [1.165, 1.54) is 19.2 Å². The van der Waals surface area contributed by atoms with Crippen LogP contribution in [0.5, 0.6) is 17.2 Å². The number of hydrogen-bond acceptors (Lipinski definition) is 7. The number of aliphatic hydroxyl groups is 3. The summed E-state index contributed by atoms with van der Waals surface area (Å²) in [6.45, 7) is -0.435. The molecule has 0 aromatic heterocycles. The highest BCUT2D eigenvalue weighted by Crippen LogP contribution is 2.44. The number of aromatic hydroxyl groups is 1. The van der Waals surface area contributed by atoms with Gasteiger partial charge in [0.25, 0.3) is 0 Å². The topological polar surface area (TPSA) is 109 Å². The van der Waals surface area contributed by atoms with E-state index < -0.39 is 36.9 Å². The van der Waals surface area contributed by atoms with E-state index >= 15 is 0 Å². The van der Waals surface area contributed by atoms with Gasteiger partial charge >= 0.3 is 5.92 Å². The molecule has 31 heavy (non-hydrogen) atoms. The minimum atomic E-state index is -3.85. The lowest BCUT2D eigenvalue weighted by molar-refractivity contribution is -0.296. The first-order valence-corrected chi connectivity index (χ1v) is 9.91.